The maximum Gasteiger partial charge on any atom is 0.240 e. The van der Waals surface area contributed by atoms with E-state index in [9.17, 15) is 13.2 Å². The molecule has 27 heavy (non-hydrogen) atoms. The molecule has 7 nitrogen and oxygen atoms in total. The van der Waals surface area contributed by atoms with E-state index in [1.165, 1.54) is 11.9 Å². The van der Waals surface area contributed by atoms with Crippen molar-refractivity contribution in [3.8, 4) is 5.75 Å². The third-order valence-electron chi connectivity index (χ3n) is 4.27. The minimum Gasteiger partial charge on any atom is -0.497 e. The van der Waals surface area contributed by atoms with Gasteiger partial charge < -0.3 is 4.74 Å². The number of benzene rings is 2. The van der Waals surface area contributed by atoms with Crippen LogP contribution in [-0.4, -0.2) is 38.4 Å². The monoisotopic (exact) mass is 387 g/mol. The molecule has 1 N–H and O–H groups in total. The molecule has 0 unspecified atom stereocenters. The highest BCUT2D eigenvalue weighted by Crippen LogP contribution is 2.36. The van der Waals surface area contributed by atoms with E-state index in [2.05, 4.69) is 9.82 Å². The molecular weight excluding hydrogens is 366 g/mol. The summed E-state index contributed by atoms with van der Waals surface area (Å²) in [6.07, 6.45) is 1.58. The molecule has 0 fully saturated rings. The lowest BCUT2D eigenvalue weighted by Crippen LogP contribution is -2.25. The molecular formula is C19H21N3O4S. The Bertz CT molecular complexity index is 984. The number of ether oxygens (including phenoxy) is 1. The normalized spacial score (nSPS) is 16.8. The van der Waals surface area contributed by atoms with Gasteiger partial charge in [0.15, 0.2) is 0 Å². The largest absolute Gasteiger partial charge is 0.497 e. The minimum absolute atomic E-state index is 0.210. The average molecular weight is 387 g/mol. The summed E-state index contributed by atoms with van der Waals surface area (Å²) < 4.78 is 31.1. The van der Waals surface area contributed by atoms with Crippen molar-refractivity contribution < 1.29 is 17.9 Å². The molecule has 1 aliphatic rings. The second kappa shape index (κ2) is 7.40. The van der Waals surface area contributed by atoms with Crippen molar-refractivity contribution in [1.82, 2.24) is 5.01 Å². The highest BCUT2D eigenvalue weighted by molar-refractivity contribution is 7.92. The third-order valence-corrected chi connectivity index (χ3v) is 4.86. The van der Waals surface area contributed by atoms with Gasteiger partial charge in [-0.25, -0.2) is 13.4 Å². The highest BCUT2D eigenvalue weighted by Gasteiger charge is 2.33. The zero-order chi connectivity index (χ0) is 19.6. The van der Waals surface area contributed by atoms with E-state index < -0.39 is 10.0 Å². The topological polar surface area (TPSA) is 88.1 Å². The Kier molecular flexibility index (Phi) is 5.18. The van der Waals surface area contributed by atoms with Crippen LogP contribution in [0.3, 0.4) is 0 Å². The predicted octanol–water partition coefficient (Wildman–Crippen LogP) is 2.76. The van der Waals surface area contributed by atoms with E-state index in [1.54, 1.807) is 25.3 Å². The molecule has 2 aromatic rings. The van der Waals surface area contributed by atoms with E-state index in [-0.39, 0.29) is 11.9 Å². The molecule has 0 bridgehead atoms. The smallest absolute Gasteiger partial charge is 0.240 e. The maximum atomic E-state index is 12.2. The van der Waals surface area contributed by atoms with Gasteiger partial charge in [0.25, 0.3) is 0 Å². The molecule has 142 valence electrons. The fraction of sp³-hybridized carbons (Fsp3) is 0.263. The number of para-hydroxylation sites is 1. The second-order valence-electron chi connectivity index (χ2n) is 6.32. The molecule has 0 saturated carbocycles. The molecule has 3 rings (SSSR count). The lowest BCUT2D eigenvalue weighted by molar-refractivity contribution is -0.130. The summed E-state index contributed by atoms with van der Waals surface area (Å²) in [6, 6.07) is 14.1. The van der Waals surface area contributed by atoms with Crippen molar-refractivity contribution in [1.29, 1.82) is 0 Å². The standard InChI is InChI=1S/C19H21N3O4S/c1-13(23)22-19(16-6-4-5-7-17(16)21-27(3,24)25)12-18(20-22)14-8-10-15(26-2)11-9-14/h4-11,19,21H,12H2,1-3H3/t19-/m0/s1. The zero-order valence-electron chi connectivity index (χ0n) is 15.3. The number of nitrogens with zero attached hydrogens (tertiary/aromatic N) is 2. The average Bonchev–Trinajstić information content (AvgIpc) is 3.06. The van der Waals surface area contributed by atoms with Gasteiger partial charge in [0.05, 0.1) is 30.8 Å². The van der Waals surface area contributed by atoms with Crippen molar-refractivity contribution in [2.24, 2.45) is 5.10 Å². The van der Waals surface area contributed by atoms with E-state index in [0.717, 1.165) is 23.3 Å². The number of anilines is 1. The lowest BCUT2D eigenvalue weighted by atomic mass is 9.97. The lowest BCUT2D eigenvalue weighted by Gasteiger charge is -2.23. The van der Waals surface area contributed by atoms with Crippen LogP contribution in [0.5, 0.6) is 5.75 Å². The van der Waals surface area contributed by atoms with Crippen LogP contribution in [-0.2, 0) is 14.8 Å². The van der Waals surface area contributed by atoms with Crippen molar-refractivity contribution in [3.05, 3.63) is 59.7 Å². The predicted molar refractivity (Wildman–Crippen MR) is 104 cm³/mol. The summed E-state index contributed by atoms with van der Waals surface area (Å²) in [5.74, 6) is 0.526. The first-order valence-corrected chi connectivity index (χ1v) is 10.3. The molecule has 1 atom stereocenters. The Balaban J connectivity index is 1.96. The van der Waals surface area contributed by atoms with Crippen LogP contribution in [0.2, 0.25) is 0 Å². The fourth-order valence-corrected chi connectivity index (χ4v) is 3.67. The molecule has 8 heteroatoms. The minimum atomic E-state index is -3.45. The van der Waals surface area contributed by atoms with Crippen LogP contribution in [0.25, 0.3) is 0 Å². The van der Waals surface area contributed by atoms with E-state index in [1.807, 2.05) is 30.3 Å². The summed E-state index contributed by atoms with van der Waals surface area (Å²) >= 11 is 0. The number of hydrogen-bond donors (Lipinski definition) is 1. The number of rotatable bonds is 5. The van der Waals surface area contributed by atoms with Gasteiger partial charge in [0.1, 0.15) is 5.75 Å². The first-order valence-electron chi connectivity index (χ1n) is 8.37. The van der Waals surface area contributed by atoms with Crippen LogP contribution in [0.1, 0.15) is 30.5 Å². The molecule has 1 amide bonds. The first kappa shape index (κ1) is 18.9. The summed E-state index contributed by atoms with van der Waals surface area (Å²) in [7, 11) is -1.85. The Morgan fingerprint density at radius 3 is 2.44 bits per heavy atom. The highest BCUT2D eigenvalue weighted by atomic mass is 32.2. The number of hydrazone groups is 1. The molecule has 0 saturated heterocycles. The van der Waals surface area contributed by atoms with E-state index in [0.29, 0.717) is 17.7 Å². The van der Waals surface area contributed by atoms with Crippen molar-refractivity contribution in [3.63, 3.8) is 0 Å². The van der Waals surface area contributed by atoms with Gasteiger partial charge in [0.2, 0.25) is 15.9 Å². The number of hydrogen-bond acceptors (Lipinski definition) is 5. The van der Waals surface area contributed by atoms with Crippen molar-refractivity contribution in [2.75, 3.05) is 18.1 Å². The number of carbonyl (C=O) groups excluding carboxylic acids is 1. The first-order chi connectivity index (χ1) is 12.8. The molecule has 0 radical (unpaired) electrons. The van der Waals surface area contributed by atoms with Crippen LogP contribution in [0, 0.1) is 0 Å². The van der Waals surface area contributed by atoms with Gasteiger partial charge in [-0.05, 0) is 35.9 Å². The summed E-state index contributed by atoms with van der Waals surface area (Å²) in [5, 5.41) is 5.90. The number of nitrogens with one attached hydrogen (secondary N) is 1. The van der Waals surface area contributed by atoms with E-state index in [4.69, 9.17) is 4.74 Å². The van der Waals surface area contributed by atoms with Gasteiger partial charge in [-0.1, -0.05) is 18.2 Å². The van der Waals surface area contributed by atoms with Gasteiger partial charge in [-0.3, -0.25) is 9.52 Å². The van der Waals surface area contributed by atoms with Gasteiger partial charge in [-0.15, -0.1) is 0 Å². The molecule has 0 aromatic heterocycles. The number of carbonyl (C=O) groups is 1. The fourth-order valence-electron chi connectivity index (χ4n) is 3.08. The summed E-state index contributed by atoms with van der Waals surface area (Å²) in [5.41, 5.74) is 2.79. The Morgan fingerprint density at radius 1 is 1.19 bits per heavy atom. The summed E-state index contributed by atoms with van der Waals surface area (Å²) in [4.78, 5) is 12.2. The Labute approximate surface area is 158 Å². The zero-order valence-corrected chi connectivity index (χ0v) is 16.2. The quantitative estimate of drug-likeness (QED) is 0.854. The maximum absolute atomic E-state index is 12.2. The second-order valence-corrected chi connectivity index (χ2v) is 8.07. The van der Waals surface area contributed by atoms with Gasteiger partial charge >= 0.3 is 0 Å². The molecule has 1 heterocycles. The van der Waals surface area contributed by atoms with Gasteiger partial charge in [-0.2, -0.15) is 5.10 Å². The van der Waals surface area contributed by atoms with Crippen molar-refractivity contribution >= 4 is 27.3 Å². The molecule has 1 aliphatic heterocycles. The van der Waals surface area contributed by atoms with Gasteiger partial charge in [0, 0.05) is 18.9 Å². The Morgan fingerprint density at radius 2 is 1.85 bits per heavy atom. The Hall–Kier alpha value is -2.87. The third kappa shape index (κ3) is 4.28. The molecule has 2 aromatic carbocycles. The number of sulfonamides is 1. The van der Waals surface area contributed by atoms with Crippen LogP contribution in [0.15, 0.2) is 53.6 Å². The van der Waals surface area contributed by atoms with E-state index >= 15 is 0 Å². The van der Waals surface area contributed by atoms with Crippen LogP contribution < -0.4 is 9.46 Å². The molecule has 0 aliphatic carbocycles. The molecule has 0 spiro atoms. The van der Waals surface area contributed by atoms with Crippen molar-refractivity contribution in [2.45, 2.75) is 19.4 Å². The number of methoxy groups -OCH3 is 1. The number of amides is 1. The van der Waals surface area contributed by atoms with Crippen LogP contribution in [0.4, 0.5) is 5.69 Å². The van der Waals surface area contributed by atoms with Crippen LogP contribution >= 0.6 is 0 Å². The SMILES string of the molecule is COc1ccc(C2=NN(C(C)=O)[C@H](c3ccccc3NS(C)(=O)=O)C2)cc1. The summed E-state index contributed by atoms with van der Waals surface area (Å²) in [6.45, 7) is 1.44.